The zero-order valence-corrected chi connectivity index (χ0v) is 15.6. The Balaban J connectivity index is 1.86. The molecule has 3 rings (SSSR count). The van der Waals surface area contributed by atoms with E-state index in [4.69, 9.17) is 22.1 Å². The number of ether oxygens (including phenoxy) is 1. The number of halogens is 5. The minimum atomic E-state index is -4.44. The maximum Gasteiger partial charge on any atom is 0.414 e. The summed E-state index contributed by atoms with van der Waals surface area (Å²) in [5, 5.41) is 2.01. The van der Waals surface area contributed by atoms with Crippen molar-refractivity contribution in [1.29, 1.82) is 0 Å². The van der Waals surface area contributed by atoms with Crippen LogP contribution in [0.5, 0.6) is 0 Å². The van der Waals surface area contributed by atoms with Crippen molar-refractivity contribution in [1.82, 2.24) is 5.43 Å². The monoisotopic (exact) mass is 415 g/mol. The Kier molecular flexibility index (Phi) is 5.95. The maximum absolute atomic E-state index is 13.2. The number of alkyl halides is 3. The third-order valence-corrected chi connectivity index (χ3v) is 4.37. The molecule has 0 amide bonds. The van der Waals surface area contributed by atoms with E-state index in [1.165, 1.54) is 12.1 Å². The highest BCUT2D eigenvalue weighted by Crippen LogP contribution is 2.31. The van der Waals surface area contributed by atoms with Gasteiger partial charge in [0.2, 0.25) is 0 Å². The van der Waals surface area contributed by atoms with Crippen LogP contribution in [-0.4, -0.2) is 18.4 Å². The Hall–Kier alpha value is -2.13. The normalized spacial score (nSPS) is 18.3. The van der Waals surface area contributed by atoms with Crippen LogP contribution in [0.25, 0.3) is 5.70 Å². The highest BCUT2D eigenvalue weighted by molar-refractivity contribution is 6.30. The molecular formula is C19H18ClF4N3O. The van der Waals surface area contributed by atoms with Crippen LogP contribution in [0.1, 0.15) is 18.1 Å². The number of nitrogens with one attached hydrogen (secondary N) is 1. The van der Waals surface area contributed by atoms with E-state index in [1.54, 1.807) is 41.4 Å². The number of hydrogen-bond donors (Lipinski definition) is 2. The molecule has 150 valence electrons. The Morgan fingerprint density at radius 1 is 1.21 bits per heavy atom. The molecular weight excluding hydrogens is 398 g/mol. The van der Waals surface area contributed by atoms with Crippen LogP contribution in [0.2, 0.25) is 5.02 Å². The molecule has 3 N–H and O–H groups in total. The van der Waals surface area contributed by atoms with Gasteiger partial charge in [-0.15, -0.1) is 0 Å². The third-order valence-electron chi connectivity index (χ3n) is 4.16. The summed E-state index contributed by atoms with van der Waals surface area (Å²) in [4.78, 5) is 0. The van der Waals surface area contributed by atoms with Crippen molar-refractivity contribution < 1.29 is 22.3 Å². The number of nitrogens with zero attached hydrogens (tertiary/aromatic N) is 1. The minimum absolute atomic E-state index is 0.252. The van der Waals surface area contributed by atoms with Crippen molar-refractivity contribution in [2.45, 2.75) is 32.0 Å². The van der Waals surface area contributed by atoms with Crippen molar-refractivity contribution in [3.05, 3.63) is 70.5 Å². The van der Waals surface area contributed by atoms with Gasteiger partial charge < -0.3 is 10.5 Å². The SMILES string of the molecule is C[C@@H](OCc1cc(Cl)cc(C2=CC(N)NN2c2ccc(F)cc2)c1)C(F)(F)F. The van der Waals surface area contributed by atoms with Crippen molar-refractivity contribution in [2.24, 2.45) is 5.73 Å². The minimum Gasteiger partial charge on any atom is -0.364 e. The summed E-state index contributed by atoms with van der Waals surface area (Å²) in [6.07, 6.45) is -5.10. The Labute approximate surface area is 164 Å². The summed E-state index contributed by atoms with van der Waals surface area (Å²) in [5.41, 5.74) is 11.4. The van der Waals surface area contributed by atoms with Crippen LogP contribution in [-0.2, 0) is 11.3 Å². The van der Waals surface area contributed by atoms with Gasteiger partial charge in [0.1, 0.15) is 5.82 Å². The van der Waals surface area contributed by atoms with E-state index in [2.05, 4.69) is 5.43 Å². The van der Waals surface area contributed by atoms with Gasteiger partial charge in [-0.2, -0.15) is 13.2 Å². The van der Waals surface area contributed by atoms with Crippen LogP contribution >= 0.6 is 11.6 Å². The van der Waals surface area contributed by atoms with Gasteiger partial charge in [-0.05, 0) is 61.0 Å². The largest absolute Gasteiger partial charge is 0.414 e. The molecule has 2 atom stereocenters. The quantitative estimate of drug-likeness (QED) is 0.701. The van der Waals surface area contributed by atoms with Gasteiger partial charge >= 0.3 is 6.18 Å². The summed E-state index contributed by atoms with van der Waals surface area (Å²) in [5.74, 6) is -0.376. The van der Waals surface area contributed by atoms with Gasteiger partial charge in [-0.3, -0.25) is 5.01 Å². The van der Waals surface area contributed by atoms with Crippen LogP contribution in [0, 0.1) is 5.82 Å². The molecule has 0 radical (unpaired) electrons. The molecule has 28 heavy (non-hydrogen) atoms. The maximum atomic E-state index is 13.2. The number of nitrogens with two attached hydrogens (primary N) is 1. The molecule has 0 spiro atoms. The van der Waals surface area contributed by atoms with Gasteiger partial charge in [-0.25, -0.2) is 9.82 Å². The topological polar surface area (TPSA) is 50.5 Å². The van der Waals surface area contributed by atoms with Gasteiger partial charge in [0.25, 0.3) is 0 Å². The summed E-state index contributed by atoms with van der Waals surface area (Å²) in [7, 11) is 0. The first-order chi connectivity index (χ1) is 13.1. The fraction of sp³-hybridized carbons (Fsp3) is 0.263. The van der Waals surface area contributed by atoms with Gasteiger partial charge in [0, 0.05) is 10.6 Å². The predicted octanol–water partition coefficient (Wildman–Crippen LogP) is 4.60. The zero-order valence-electron chi connectivity index (χ0n) is 14.8. The summed E-state index contributed by atoms with van der Waals surface area (Å²) in [6.45, 7) is 0.696. The molecule has 0 aromatic heterocycles. The molecule has 1 unspecified atom stereocenters. The fourth-order valence-electron chi connectivity index (χ4n) is 2.73. The smallest absolute Gasteiger partial charge is 0.364 e. The van der Waals surface area contributed by atoms with Crippen LogP contribution in [0.3, 0.4) is 0 Å². The lowest BCUT2D eigenvalue weighted by Gasteiger charge is -2.24. The molecule has 9 heteroatoms. The molecule has 4 nitrogen and oxygen atoms in total. The fourth-order valence-corrected chi connectivity index (χ4v) is 2.98. The Bertz CT molecular complexity index is 870. The highest BCUT2D eigenvalue weighted by Gasteiger charge is 2.36. The van der Waals surface area contributed by atoms with Gasteiger partial charge in [0.05, 0.1) is 24.2 Å². The summed E-state index contributed by atoms with van der Waals surface area (Å²) >= 11 is 6.16. The van der Waals surface area contributed by atoms with E-state index >= 15 is 0 Å². The van der Waals surface area contributed by atoms with Crippen molar-refractivity contribution >= 4 is 23.0 Å². The second kappa shape index (κ2) is 8.08. The molecule has 1 heterocycles. The second-order valence-corrected chi connectivity index (χ2v) is 6.80. The van der Waals surface area contributed by atoms with E-state index < -0.39 is 18.4 Å². The van der Waals surface area contributed by atoms with Crippen molar-refractivity contribution in [3.63, 3.8) is 0 Å². The molecule has 0 fully saturated rings. The van der Waals surface area contributed by atoms with E-state index in [-0.39, 0.29) is 12.4 Å². The third kappa shape index (κ3) is 4.82. The van der Waals surface area contributed by atoms with Gasteiger partial charge in [0.15, 0.2) is 6.10 Å². The molecule has 1 aliphatic rings. The van der Waals surface area contributed by atoms with Crippen LogP contribution < -0.4 is 16.2 Å². The summed E-state index contributed by atoms with van der Waals surface area (Å²) < 4.78 is 56.1. The number of rotatable bonds is 5. The average Bonchev–Trinajstić information content (AvgIpc) is 3.01. The Morgan fingerprint density at radius 2 is 1.89 bits per heavy atom. The molecule has 0 saturated heterocycles. The van der Waals surface area contributed by atoms with Gasteiger partial charge in [-0.1, -0.05) is 11.6 Å². The standard InChI is InChI=1S/C19H18ClF4N3O/c1-11(19(22,23)24)28-10-12-6-13(8-14(20)7-12)17-9-18(25)26-27(17)16-4-2-15(21)3-5-16/h2-9,11,18,26H,10,25H2,1H3/t11-,18?/m1/s1. The first kappa shape index (κ1) is 20.6. The first-order valence-electron chi connectivity index (χ1n) is 8.41. The van der Waals surface area contributed by atoms with Crippen LogP contribution in [0.15, 0.2) is 48.5 Å². The van der Waals surface area contributed by atoms with E-state index in [1.807, 2.05) is 0 Å². The number of anilines is 1. The first-order valence-corrected chi connectivity index (χ1v) is 8.79. The molecule has 0 saturated carbocycles. The second-order valence-electron chi connectivity index (χ2n) is 6.36. The highest BCUT2D eigenvalue weighted by atomic mass is 35.5. The number of hydrogen-bond acceptors (Lipinski definition) is 4. The zero-order chi connectivity index (χ0) is 20.5. The number of benzene rings is 2. The molecule has 0 aliphatic carbocycles. The van der Waals surface area contributed by atoms with Crippen molar-refractivity contribution in [3.8, 4) is 0 Å². The summed E-state index contributed by atoms with van der Waals surface area (Å²) in [6, 6.07) is 10.7. The van der Waals surface area contributed by atoms with E-state index in [0.717, 1.165) is 6.92 Å². The molecule has 1 aliphatic heterocycles. The average molecular weight is 416 g/mol. The Morgan fingerprint density at radius 3 is 2.54 bits per heavy atom. The lowest BCUT2D eigenvalue weighted by Crippen LogP contribution is -2.41. The van der Waals surface area contributed by atoms with E-state index in [9.17, 15) is 17.6 Å². The predicted molar refractivity (Wildman–Crippen MR) is 99.7 cm³/mol. The lowest BCUT2D eigenvalue weighted by molar-refractivity contribution is -0.217. The molecule has 2 aromatic rings. The van der Waals surface area contributed by atoms with Crippen molar-refractivity contribution in [2.75, 3.05) is 5.01 Å². The van der Waals surface area contributed by atoms with Crippen LogP contribution in [0.4, 0.5) is 23.2 Å². The molecule has 0 bridgehead atoms. The lowest BCUT2D eigenvalue weighted by atomic mass is 10.1. The van der Waals surface area contributed by atoms with E-state index in [0.29, 0.717) is 27.5 Å². The number of hydrazine groups is 1. The molecule has 2 aromatic carbocycles.